The lowest BCUT2D eigenvalue weighted by molar-refractivity contribution is 0.102. The van der Waals surface area contributed by atoms with Gasteiger partial charge in [0.2, 0.25) is 0 Å². The number of nitriles is 1. The maximum atomic E-state index is 11.9. The summed E-state index contributed by atoms with van der Waals surface area (Å²) >= 11 is 0. The number of ether oxygens (including phenoxy) is 1. The molecule has 0 aliphatic carbocycles. The maximum absolute atomic E-state index is 11.9. The highest BCUT2D eigenvalue weighted by atomic mass is 16.5. The van der Waals surface area contributed by atoms with Crippen LogP contribution in [0.3, 0.4) is 0 Å². The second-order valence-electron chi connectivity index (χ2n) is 3.67. The van der Waals surface area contributed by atoms with E-state index in [0.717, 1.165) is 0 Å². The summed E-state index contributed by atoms with van der Waals surface area (Å²) in [5, 5.41) is 11.2. The normalized spacial score (nSPS) is 9.42. The zero-order chi connectivity index (χ0) is 13.5. The quantitative estimate of drug-likeness (QED) is 0.906. The molecule has 0 saturated carbocycles. The molecule has 0 aliphatic rings. The Morgan fingerprint density at radius 2 is 2.26 bits per heavy atom. The van der Waals surface area contributed by atoms with Crippen LogP contribution in [0.25, 0.3) is 0 Å². The highest BCUT2D eigenvalue weighted by Crippen LogP contribution is 2.17. The minimum atomic E-state index is -0.245. The van der Waals surface area contributed by atoms with E-state index in [4.69, 9.17) is 10.00 Å². The van der Waals surface area contributed by atoms with Gasteiger partial charge in [-0.3, -0.25) is 9.78 Å². The van der Waals surface area contributed by atoms with Gasteiger partial charge in [0, 0.05) is 24.1 Å². The van der Waals surface area contributed by atoms with Gasteiger partial charge in [0.25, 0.3) is 5.91 Å². The van der Waals surface area contributed by atoms with Gasteiger partial charge in [0.1, 0.15) is 11.8 Å². The maximum Gasteiger partial charge on any atom is 0.257 e. The first kappa shape index (κ1) is 12.6. The molecule has 0 bridgehead atoms. The van der Waals surface area contributed by atoms with Gasteiger partial charge in [-0.15, -0.1) is 0 Å². The fourth-order valence-corrected chi connectivity index (χ4v) is 1.48. The van der Waals surface area contributed by atoms with Crippen LogP contribution in [-0.4, -0.2) is 17.5 Å². The molecule has 1 amide bonds. The summed E-state index contributed by atoms with van der Waals surface area (Å²) in [6, 6.07) is 12.1. The van der Waals surface area contributed by atoms with Gasteiger partial charge in [-0.1, -0.05) is 6.07 Å². The van der Waals surface area contributed by atoms with Gasteiger partial charge < -0.3 is 10.1 Å². The van der Waals surface area contributed by atoms with Crippen LogP contribution in [0, 0.1) is 11.3 Å². The van der Waals surface area contributed by atoms with E-state index >= 15 is 0 Å². The van der Waals surface area contributed by atoms with Crippen molar-refractivity contribution in [2.45, 2.75) is 0 Å². The van der Waals surface area contributed by atoms with E-state index in [1.807, 2.05) is 6.07 Å². The van der Waals surface area contributed by atoms with E-state index in [-0.39, 0.29) is 12.5 Å². The number of nitrogens with one attached hydrogen (secondary N) is 1. The van der Waals surface area contributed by atoms with Crippen molar-refractivity contribution >= 4 is 11.6 Å². The number of aromatic nitrogens is 1. The topological polar surface area (TPSA) is 75.0 Å². The number of amides is 1. The Hall–Kier alpha value is -2.87. The van der Waals surface area contributed by atoms with E-state index in [1.165, 1.54) is 6.20 Å². The first-order chi connectivity index (χ1) is 9.29. The lowest BCUT2D eigenvalue weighted by atomic mass is 10.2. The Kier molecular flexibility index (Phi) is 4.09. The number of rotatable bonds is 4. The van der Waals surface area contributed by atoms with Gasteiger partial charge in [0.15, 0.2) is 6.61 Å². The van der Waals surface area contributed by atoms with Crippen LogP contribution < -0.4 is 10.1 Å². The van der Waals surface area contributed by atoms with Crippen molar-refractivity contribution in [2.75, 3.05) is 11.9 Å². The predicted octanol–water partition coefficient (Wildman–Crippen LogP) is 2.24. The molecule has 19 heavy (non-hydrogen) atoms. The molecule has 1 heterocycles. The Morgan fingerprint density at radius 3 is 3.00 bits per heavy atom. The Morgan fingerprint density at radius 1 is 1.37 bits per heavy atom. The number of anilines is 1. The molecule has 2 aromatic rings. The number of carbonyl (C=O) groups is 1. The summed E-state index contributed by atoms with van der Waals surface area (Å²) in [5.74, 6) is 0.288. The molecule has 0 unspecified atom stereocenters. The van der Waals surface area contributed by atoms with Crippen LogP contribution in [0.15, 0.2) is 48.8 Å². The predicted molar refractivity (Wildman–Crippen MR) is 69.7 cm³/mol. The Labute approximate surface area is 110 Å². The van der Waals surface area contributed by atoms with Crippen molar-refractivity contribution < 1.29 is 9.53 Å². The van der Waals surface area contributed by atoms with Gasteiger partial charge in [-0.05, 0) is 24.3 Å². The average Bonchev–Trinajstić information content (AvgIpc) is 2.46. The van der Waals surface area contributed by atoms with Crippen molar-refractivity contribution in [3.05, 3.63) is 54.4 Å². The molecule has 0 spiro atoms. The monoisotopic (exact) mass is 253 g/mol. The molecule has 0 aliphatic heterocycles. The molecule has 0 radical (unpaired) electrons. The molecule has 0 saturated heterocycles. The van der Waals surface area contributed by atoms with Crippen molar-refractivity contribution in [3.8, 4) is 11.8 Å². The number of pyridine rings is 1. The summed E-state index contributed by atoms with van der Waals surface area (Å²) < 4.78 is 5.16. The van der Waals surface area contributed by atoms with E-state index < -0.39 is 0 Å². The van der Waals surface area contributed by atoms with Crippen LogP contribution >= 0.6 is 0 Å². The molecule has 0 atom stereocenters. The molecule has 1 N–H and O–H groups in total. The fourth-order valence-electron chi connectivity index (χ4n) is 1.48. The Balaban J connectivity index is 2.07. The van der Waals surface area contributed by atoms with Crippen molar-refractivity contribution in [1.82, 2.24) is 4.98 Å². The van der Waals surface area contributed by atoms with Crippen molar-refractivity contribution in [1.29, 1.82) is 5.26 Å². The summed E-state index contributed by atoms with van der Waals surface area (Å²) in [5.41, 5.74) is 1.08. The minimum Gasteiger partial charge on any atom is -0.479 e. The van der Waals surface area contributed by atoms with Crippen LogP contribution in [0.5, 0.6) is 5.75 Å². The lowest BCUT2D eigenvalue weighted by Gasteiger charge is -2.07. The Bertz CT molecular complexity index is 606. The van der Waals surface area contributed by atoms with Crippen molar-refractivity contribution in [3.63, 3.8) is 0 Å². The second kappa shape index (κ2) is 6.17. The number of benzene rings is 1. The number of hydrogen-bond acceptors (Lipinski definition) is 4. The summed E-state index contributed by atoms with van der Waals surface area (Å²) in [6.07, 6.45) is 3.10. The van der Waals surface area contributed by atoms with E-state index in [0.29, 0.717) is 17.0 Å². The van der Waals surface area contributed by atoms with Gasteiger partial charge in [0.05, 0.1) is 5.56 Å². The molecule has 5 heteroatoms. The highest BCUT2D eigenvalue weighted by Gasteiger charge is 2.06. The van der Waals surface area contributed by atoms with Gasteiger partial charge in [-0.25, -0.2) is 0 Å². The third kappa shape index (κ3) is 3.54. The second-order valence-corrected chi connectivity index (χ2v) is 3.67. The molecule has 1 aromatic heterocycles. The summed E-state index contributed by atoms with van der Waals surface area (Å²) in [4.78, 5) is 15.8. The third-order valence-electron chi connectivity index (χ3n) is 2.32. The lowest BCUT2D eigenvalue weighted by Crippen LogP contribution is -2.12. The first-order valence-corrected chi connectivity index (χ1v) is 5.61. The van der Waals surface area contributed by atoms with Crippen LogP contribution in [0.4, 0.5) is 5.69 Å². The summed E-state index contributed by atoms with van der Waals surface area (Å²) in [7, 11) is 0. The molecule has 5 nitrogen and oxygen atoms in total. The van der Waals surface area contributed by atoms with Crippen LogP contribution in [-0.2, 0) is 0 Å². The smallest absolute Gasteiger partial charge is 0.257 e. The van der Waals surface area contributed by atoms with Crippen LogP contribution in [0.1, 0.15) is 10.4 Å². The third-order valence-corrected chi connectivity index (χ3v) is 2.32. The molecule has 94 valence electrons. The van der Waals surface area contributed by atoms with E-state index in [1.54, 1.807) is 42.6 Å². The van der Waals surface area contributed by atoms with Crippen molar-refractivity contribution in [2.24, 2.45) is 0 Å². The largest absolute Gasteiger partial charge is 0.479 e. The molecule has 1 aromatic carbocycles. The van der Waals surface area contributed by atoms with Crippen LogP contribution in [0.2, 0.25) is 0 Å². The zero-order valence-corrected chi connectivity index (χ0v) is 10.0. The fraction of sp³-hybridized carbons (Fsp3) is 0.0714. The molecule has 0 fully saturated rings. The summed E-state index contributed by atoms with van der Waals surface area (Å²) in [6.45, 7) is -0.0278. The SMILES string of the molecule is N#CCOc1cccc(NC(=O)c2cccnc2)c1. The standard InChI is InChI=1S/C14H11N3O2/c15-6-8-19-13-5-1-4-12(9-13)17-14(18)11-3-2-7-16-10-11/h1-5,7,9-10H,8H2,(H,17,18). The zero-order valence-electron chi connectivity index (χ0n) is 10.0. The molecule has 2 rings (SSSR count). The van der Waals surface area contributed by atoms with E-state index in [9.17, 15) is 4.79 Å². The number of hydrogen-bond donors (Lipinski definition) is 1. The number of nitrogens with zero attached hydrogens (tertiary/aromatic N) is 2. The van der Waals surface area contributed by atoms with Gasteiger partial charge in [-0.2, -0.15) is 5.26 Å². The highest BCUT2D eigenvalue weighted by molar-refractivity contribution is 6.04. The van der Waals surface area contributed by atoms with Gasteiger partial charge >= 0.3 is 0 Å². The average molecular weight is 253 g/mol. The number of carbonyl (C=O) groups excluding carboxylic acids is 1. The molecular formula is C14H11N3O2. The first-order valence-electron chi connectivity index (χ1n) is 5.61. The molecular weight excluding hydrogens is 242 g/mol. The van der Waals surface area contributed by atoms with E-state index in [2.05, 4.69) is 10.3 Å². The minimum absolute atomic E-state index is 0.0278.